The highest BCUT2D eigenvalue weighted by atomic mass is 35.5. The molecule has 6 heteroatoms. The Morgan fingerprint density at radius 1 is 1.33 bits per heavy atom. The first-order chi connectivity index (χ1) is 7.18. The lowest BCUT2D eigenvalue weighted by Gasteiger charge is -2.09. The highest BCUT2D eigenvalue weighted by Gasteiger charge is 2.16. The number of imidazole rings is 1. The number of benzene rings is 1. The van der Waals surface area contributed by atoms with Crippen LogP contribution in [0.1, 0.15) is 0 Å². The molecule has 76 valence electrons. The van der Waals surface area contributed by atoms with Gasteiger partial charge in [-0.3, -0.25) is 0 Å². The van der Waals surface area contributed by atoms with Gasteiger partial charge in [0.2, 0.25) is 0 Å². The smallest absolute Gasteiger partial charge is 0.423 e. The molecule has 4 nitrogen and oxygen atoms in total. The maximum absolute atomic E-state index is 9.17. The molecule has 0 saturated heterocycles. The number of hydrogen-bond donors (Lipinski definition) is 2. The van der Waals surface area contributed by atoms with Crippen LogP contribution in [0, 0.1) is 0 Å². The number of hydrogen-bond acceptors (Lipinski definition) is 3. The van der Waals surface area contributed by atoms with Crippen LogP contribution in [0.15, 0.2) is 36.9 Å². The number of halogens is 1. The Hall–Kier alpha value is -1.30. The summed E-state index contributed by atoms with van der Waals surface area (Å²) < 4.78 is 1.67. The van der Waals surface area contributed by atoms with Crippen LogP contribution >= 0.6 is 11.6 Å². The van der Waals surface area contributed by atoms with Crippen molar-refractivity contribution in [1.29, 1.82) is 0 Å². The zero-order valence-corrected chi connectivity index (χ0v) is 8.46. The highest BCUT2D eigenvalue weighted by molar-refractivity contribution is 6.60. The lowest BCUT2D eigenvalue weighted by molar-refractivity contribution is 0.425. The van der Waals surface area contributed by atoms with E-state index in [1.54, 1.807) is 41.5 Å². The van der Waals surface area contributed by atoms with Gasteiger partial charge in [0.15, 0.2) is 0 Å². The van der Waals surface area contributed by atoms with Crippen LogP contribution in [0.4, 0.5) is 0 Å². The van der Waals surface area contributed by atoms with Crippen LogP contribution in [0.3, 0.4) is 0 Å². The summed E-state index contributed by atoms with van der Waals surface area (Å²) in [5.74, 6) is 0. The maximum Gasteiger partial charge on any atom is 0.490 e. The largest absolute Gasteiger partial charge is 0.490 e. The van der Waals surface area contributed by atoms with Crippen LogP contribution < -0.4 is 5.46 Å². The molecule has 15 heavy (non-hydrogen) atoms. The van der Waals surface area contributed by atoms with Crippen molar-refractivity contribution in [1.82, 2.24) is 9.55 Å². The molecule has 0 aliphatic rings. The minimum Gasteiger partial charge on any atom is -0.423 e. The van der Waals surface area contributed by atoms with E-state index in [-0.39, 0.29) is 0 Å². The van der Waals surface area contributed by atoms with Crippen molar-refractivity contribution >= 4 is 24.2 Å². The van der Waals surface area contributed by atoms with Crippen molar-refractivity contribution in [3.05, 3.63) is 41.9 Å². The van der Waals surface area contributed by atoms with Crippen molar-refractivity contribution in [3.8, 4) is 5.69 Å². The first kappa shape index (κ1) is 10.2. The van der Waals surface area contributed by atoms with Crippen LogP contribution in [0.2, 0.25) is 5.02 Å². The normalized spacial score (nSPS) is 10.3. The quantitative estimate of drug-likeness (QED) is 0.714. The van der Waals surface area contributed by atoms with E-state index in [2.05, 4.69) is 4.98 Å². The van der Waals surface area contributed by atoms with Crippen LogP contribution in [-0.2, 0) is 0 Å². The Morgan fingerprint density at radius 2 is 2.13 bits per heavy atom. The molecular formula is C9H8BClN2O2. The minimum absolute atomic E-state index is 0.386. The third-order valence-corrected chi connectivity index (χ3v) is 2.29. The summed E-state index contributed by atoms with van der Waals surface area (Å²) in [7, 11) is -1.53. The lowest BCUT2D eigenvalue weighted by atomic mass is 9.79. The van der Waals surface area contributed by atoms with Crippen LogP contribution in [0.25, 0.3) is 5.69 Å². The molecule has 1 heterocycles. The fourth-order valence-electron chi connectivity index (χ4n) is 1.36. The van der Waals surface area contributed by atoms with Gasteiger partial charge in [-0.05, 0) is 12.1 Å². The van der Waals surface area contributed by atoms with E-state index in [9.17, 15) is 10.0 Å². The second-order valence-electron chi connectivity index (χ2n) is 3.05. The topological polar surface area (TPSA) is 58.3 Å². The van der Waals surface area contributed by atoms with Crippen molar-refractivity contribution in [3.63, 3.8) is 0 Å². The van der Waals surface area contributed by atoms with Gasteiger partial charge < -0.3 is 14.6 Å². The van der Waals surface area contributed by atoms with Gasteiger partial charge in [0, 0.05) is 28.6 Å². The van der Waals surface area contributed by atoms with Crippen molar-refractivity contribution in [2.75, 3.05) is 0 Å². The third-order valence-electron chi connectivity index (χ3n) is 2.05. The Labute approximate surface area is 91.9 Å². The zero-order chi connectivity index (χ0) is 10.8. The molecule has 0 aliphatic carbocycles. The van der Waals surface area contributed by atoms with Crippen molar-refractivity contribution in [2.45, 2.75) is 0 Å². The standard InChI is InChI=1S/C9H8BClN2O2/c11-7-1-2-8(10(14)15)9(5-7)13-4-3-12-6-13/h1-6,14-15H. The van der Waals surface area contributed by atoms with Gasteiger partial charge in [-0.2, -0.15) is 0 Å². The summed E-state index contributed by atoms with van der Waals surface area (Å²) in [5, 5.41) is 18.9. The summed E-state index contributed by atoms with van der Waals surface area (Å²) in [4.78, 5) is 3.89. The molecule has 1 aromatic heterocycles. The zero-order valence-electron chi connectivity index (χ0n) is 7.71. The van der Waals surface area contributed by atoms with Crippen molar-refractivity contribution < 1.29 is 10.0 Å². The minimum atomic E-state index is -1.53. The fourth-order valence-corrected chi connectivity index (χ4v) is 1.53. The Morgan fingerprint density at radius 3 is 2.73 bits per heavy atom. The molecule has 0 radical (unpaired) electrons. The number of nitrogens with zero attached hydrogens (tertiary/aromatic N) is 2. The van der Waals surface area contributed by atoms with E-state index in [0.29, 0.717) is 16.2 Å². The second kappa shape index (κ2) is 4.06. The van der Waals surface area contributed by atoms with E-state index in [1.165, 1.54) is 0 Å². The molecule has 0 spiro atoms. The first-order valence-corrected chi connectivity index (χ1v) is 4.70. The lowest BCUT2D eigenvalue weighted by Crippen LogP contribution is -2.33. The van der Waals surface area contributed by atoms with E-state index in [4.69, 9.17) is 11.6 Å². The maximum atomic E-state index is 9.17. The second-order valence-corrected chi connectivity index (χ2v) is 3.48. The van der Waals surface area contributed by atoms with E-state index in [1.807, 2.05) is 0 Å². The molecule has 0 unspecified atom stereocenters. The molecule has 0 saturated carbocycles. The van der Waals surface area contributed by atoms with Gasteiger partial charge in [0.1, 0.15) is 0 Å². The Bertz CT molecular complexity index is 459. The summed E-state index contributed by atoms with van der Waals surface area (Å²) >= 11 is 5.84. The first-order valence-electron chi connectivity index (χ1n) is 4.32. The monoisotopic (exact) mass is 222 g/mol. The Balaban J connectivity index is 2.58. The van der Waals surface area contributed by atoms with Gasteiger partial charge in [-0.1, -0.05) is 17.7 Å². The summed E-state index contributed by atoms with van der Waals surface area (Å²) in [6.45, 7) is 0. The summed E-state index contributed by atoms with van der Waals surface area (Å²) in [6, 6.07) is 4.83. The van der Waals surface area contributed by atoms with E-state index >= 15 is 0 Å². The van der Waals surface area contributed by atoms with Gasteiger partial charge in [0.25, 0.3) is 0 Å². The SMILES string of the molecule is OB(O)c1ccc(Cl)cc1-n1ccnc1. The van der Waals surface area contributed by atoms with Crippen molar-refractivity contribution in [2.24, 2.45) is 0 Å². The predicted octanol–water partition coefficient (Wildman–Crippen LogP) is 0.205. The molecule has 2 aromatic rings. The summed E-state index contributed by atoms with van der Waals surface area (Å²) in [6.07, 6.45) is 4.88. The van der Waals surface area contributed by atoms with E-state index in [0.717, 1.165) is 0 Å². The molecule has 0 amide bonds. The molecule has 0 atom stereocenters. The Kier molecular flexibility index (Phi) is 2.77. The molecule has 2 N–H and O–H groups in total. The molecule has 0 aliphatic heterocycles. The van der Waals surface area contributed by atoms with Gasteiger partial charge in [-0.25, -0.2) is 4.98 Å². The summed E-state index contributed by atoms with van der Waals surface area (Å²) in [5.41, 5.74) is 0.993. The van der Waals surface area contributed by atoms with Gasteiger partial charge in [-0.15, -0.1) is 0 Å². The third kappa shape index (κ3) is 2.04. The van der Waals surface area contributed by atoms with Crippen LogP contribution in [0.5, 0.6) is 0 Å². The molecular weight excluding hydrogens is 214 g/mol. The van der Waals surface area contributed by atoms with Crippen LogP contribution in [-0.4, -0.2) is 26.7 Å². The predicted molar refractivity (Wildman–Crippen MR) is 58.4 cm³/mol. The van der Waals surface area contributed by atoms with E-state index < -0.39 is 7.12 Å². The number of rotatable bonds is 2. The number of aromatic nitrogens is 2. The molecule has 2 rings (SSSR count). The van der Waals surface area contributed by atoms with Gasteiger partial charge in [0.05, 0.1) is 6.33 Å². The fraction of sp³-hybridized carbons (Fsp3) is 0. The average Bonchev–Trinajstić information content (AvgIpc) is 2.69. The molecule has 1 aromatic carbocycles. The average molecular weight is 222 g/mol. The molecule has 0 bridgehead atoms. The molecule has 0 fully saturated rings. The highest BCUT2D eigenvalue weighted by Crippen LogP contribution is 2.13. The van der Waals surface area contributed by atoms with Gasteiger partial charge >= 0.3 is 7.12 Å².